The molecular formula is C9H19NO. The summed E-state index contributed by atoms with van der Waals surface area (Å²) >= 11 is 0. The van der Waals surface area contributed by atoms with E-state index in [1.54, 1.807) is 0 Å². The molecule has 0 amide bonds. The Hall–Kier alpha value is -0.0800. The van der Waals surface area contributed by atoms with Crippen LogP contribution < -0.4 is 5.32 Å². The monoisotopic (exact) mass is 157 g/mol. The summed E-state index contributed by atoms with van der Waals surface area (Å²) < 4.78 is 0. The Bertz CT molecular complexity index is 122. The van der Waals surface area contributed by atoms with Crippen LogP contribution in [-0.4, -0.2) is 23.3 Å². The number of nitrogens with one attached hydrogen (secondary N) is 1. The molecule has 0 aromatic heterocycles. The van der Waals surface area contributed by atoms with Crippen LogP contribution in [0.5, 0.6) is 0 Å². The van der Waals surface area contributed by atoms with E-state index in [0.29, 0.717) is 12.6 Å². The van der Waals surface area contributed by atoms with E-state index in [1.165, 1.54) is 12.8 Å². The number of hydrogen-bond acceptors (Lipinski definition) is 2. The van der Waals surface area contributed by atoms with Crippen LogP contribution in [0.25, 0.3) is 0 Å². The van der Waals surface area contributed by atoms with Crippen LogP contribution >= 0.6 is 0 Å². The minimum absolute atomic E-state index is 0.557. The van der Waals surface area contributed by atoms with E-state index in [2.05, 4.69) is 12.2 Å². The topological polar surface area (TPSA) is 32.3 Å². The van der Waals surface area contributed by atoms with Crippen molar-refractivity contribution in [1.82, 2.24) is 5.32 Å². The van der Waals surface area contributed by atoms with Gasteiger partial charge in [0.15, 0.2) is 0 Å². The first-order valence-corrected chi connectivity index (χ1v) is 4.43. The molecule has 0 spiro atoms. The molecule has 0 heterocycles. The molecule has 0 saturated heterocycles. The highest BCUT2D eigenvalue weighted by molar-refractivity contribution is 4.84. The van der Waals surface area contributed by atoms with Gasteiger partial charge in [-0.3, -0.25) is 0 Å². The third kappa shape index (κ3) is 3.21. The van der Waals surface area contributed by atoms with Gasteiger partial charge in [0.1, 0.15) is 0 Å². The molecule has 0 unspecified atom stereocenters. The van der Waals surface area contributed by atoms with E-state index in [0.717, 1.165) is 5.92 Å². The standard InChI is InChI=1S/C9H19NO/c1-7-4-8(5-7)10-6-9(2,3)11/h7-8,10-11H,4-6H2,1-3H3. The molecular weight excluding hydrogens is 138 g/mol. The summed E-state index contributed by atoms with van der Waals surface area (Å²) in [6.45, 7) is 6.65. The zero-order chi connectivity index (χ0) is 8.48. The first-order valence-electron chi connectivity index (χ1n) is 4.43. The van der Waals surface area contributed by atoms with Gasteiger partial charge in [-0.05, 0) is 32.6 Å². The van der Waals surface area contributed by atoms with E-state index in [1.807, 2.05) is 13.8 Å². The van der Waals surface area contributed by atoms with Gasteiger partial charge in [-0.1, -0.05) is 6.92 Å². The Balaban J connectivity index is 2.05. The summed E-state index contributed by atoms with van der Waals surface area (Å²) in [6.07, 6.45) is 2.55. The van der Waals surface area contributed by atoms with Crippen molar-refractivity contribution in [2.45, 2.75) is 45.3 Å². The van der Waals surface area contributed by atoms with E-state index in [9.17, 15) is 5.11 Å². The Morgan fingerprint density at radius 3 is 2.36 bits per heavy atom. The van der Waals surface area contributed by atoms with Gasteiger partial charge in [0.25, 0.3) is 0 Å². The lowest BCUT2D eigenvalue weighted by molar-refractivity contribution is 0.0684. The zero-order valence-electron chi connectivity index (χ0n) is 7.72. The number of aliphatic hydroxyl groups is 1. The van der Waals surface area contributed by atoms with Gasteiger partial charge in [-0.2, -0.15) is 0 Å². The highest BCUT2D eigenvalue weighted by atomic mass is 16.3. The highest BCUT2D eigenvalue weighted by Crippen LogP contribution is 2.26. The lowest BCUT2D eigenvalue weighted by Gasteiger charge is -2.35. The normalized spacial score (nSPS) is 31.6. The first-order chi connectivity index (χ1) is 4.97. The molecule has 0 radical (unpaired) electrons. The van der Waals surface area contributed by atoms with Gasteiger partial charge >= 0.3 is 0 Å². The minimum Gasteiger partial charge on any atom is -0.389 e. The summed E-state index contributed by atoms with van der Waals surface area (Å²) in [5, 5.41) is 12.7. The predicted molar refractivity (Wildman–Crippen MR) is 46.5 cm³/mol. The van der Waals surface area contributed by atoms with Gasteiger partial charge in [-0.15, -0.1) is 0 Å². The molecule has 11 heavy (non-hydrogen) atoms. The number of rotatable bonds is 3. The van der Waals surface area contributed by atoms with Gasteiger partial charge < -0.3 is 10.4 Å². The fourth-order valence-electron chi connectivity index (χ4n) is 1.46. The second kappa shape index (κ2) is 3.11. The maximum atomic E-state index is 9.39. The average Bonchev–Trinajstić information content (AvgIpc) is 1.75. The van der Waals surface area contributed by atoms with Crippen molar-refractivity contribution in [3.8, 4) is 0 Å². The molecule has 1 saturated carbocycles. The maximum absolute atomic E-state index is 9.39. The van der Waals surface area contributed by atoms with E-state index in [4.69, 9.17) is 0 Å². The largest absolute Gasteiger partial charge is 0.389 e. The molecule has 0 bridgehead atoms. The Labute approximate surface area is 69.0 Å². The quantitative estimate of drug-likeness (QED) is 0.644. The van der Waals surface area contributed by atoms with Gasteiger partial charge in [0.2, 0.25) is 0 Å². The Kier molecular flexibility index (Phi) is 2.55. The Morgan fingerprint density at radius 2 is 2.00 bits per heavy atom. The second-order valence-electron chi connectivity index (χ2n) is 4.47. The van der Waals surface area contributed by atoms with Crippen molar-refractivity contribution in [3.63, 3.8) is 0 Å². The molecule has 2 nitrogen and oxygen atoms in total. The van der Waals surface area contributed by atoms with Crippen molar-refractivity contribution in [2.24, 2.45) is 5.92 Å². The first kappa shape index (κ1) is 9.01. The molecule has 1 aliphatic carbocycles. The maximum Gasteiger partial charge on any atom is 0.0715 e. The summed E-state index contributed by atoms with van der Waals surface area (Å²) in [5.41, 5.74) is -0.557. The molecule has 2 N–H and O–H groups in total. The minimum atomic E-state index is -0.557. The van der Waals surface area contributed by atoms with Crippen LogP contribution in [0.15, 0.2) is 0 Å². The van der Waals surface area contributed by atoms with Crippen molar-refractivity contribution in [1.29, 1.82) is 0 Å². The summed E-state index contributed by atoms with van der Waals surface area (Å²) in [4.78, 5) is 0. The Morgan fingerprint density at radius 1 is 1.45 bits per heavy atom. The lowest BCUT2D eigenvalue weighted by atomic mass is 9.81. The fourth-order valence-corrected chi connectivity index (χ4v) is 1.46. The van der Waals surface area contributed by atoms with E-state index < -0.39 is 5.60 Å². The van der Waals surface area contributed by atoms with Gasteiger partial charge in [0.05, 0.1) is 5.60 Å². The van der Waals surface area contributed by atoms with Crippen LogP contribution in [0.2, 0.25) is 0 Å². The zero-order valence-corrected chi connectivity index (χ0v) is 7.72. The molecule has 2 heteroatoms. The molecule has 0 atom stereocenters. The summed E-state index contributed by atoms with van der Waals surface area (Å²) in [6, 6.07) is 0.663. The lowest BCUT2D eigenvalue weighted by Crippen LogP contribution is -2.46. The van der Waals surface area contributed by atoms with Crippen molar-refractivity contribution >= 4 is 0 Å². The predicted octanol–water partition coefficient (Wildman–Crippen LogP) is 1.15. The van der Waals surface area contributed by atoms with Crippen molar-refractivity contribution in [3.05, 3.63) is 0 Å². The highest BCUT2D eigenvalue weighted by Gasteiger charge is 2.26. The van der Waals surface area contributed by atoms with Crippen LogP contribution in [0.3, 0.4) is 0 Å². The third-order valence-electron chi connectivity index (χ3n) is 2.20. The van der Waals surface area contributed by atoms with Crippen LogP contribution in [0.4, 0.5) is 0 Å². The number of hydrogen-bond donors (Lipinski definition) is 2. The van der Waals surface area contributed by atoms with Gasteiger partial charge in [0, 0.05) is 12.6 Å². The molecule has 1 rings (SSSR count). The van der Waals surface area contributed by atoms with E-state index >= 15 is 0 Å². The van der Waals surface area contributed by atoms with Crippen LogP contribution in [0.1, 0.15) is 33.6 Å². The molecule has 0 aromatic carbocycles. The van der Waals surface area contributed by atoms with Gasteiger partial charge in [-0.25, -0.2) is 0 Å². The second-order valence-corrected chi connectivity index (χ2v) is 4.47. The van der Waals surface area contributed by atoms with Crippen molar-refractivity contribution < 1.29 is 5.11 Å². The molecule has 0 aromatic rings. The van der Waals surface area contributed by atoms with Crippen LogP contribution in [0, 0.1) is 5.92 Å². The average molecular weight is 157 g/mol. The molecule has 1 fully saturated rings. The SMILES string of the molecule is CC1CC(NCC(C)(C)O)C1. The summed E-state index contributed by atoms with van der Waals surface area (Å²) in [5.74, 6) is 0.884. The third-order valence-corrected chi connectivity index (χ3v) is 2.20. The smallest absolute Gasteiger partial charge is 0.0715 e. The molecule has 0 aliphatic heterocycles. The van der Waals surface area contributed by atoms with Crippen molar-refractivity contribution in [2.75, 3.05) is 6.54 Å². The van der Waals surface area contributed by atoms with Crippen LogP contribution in [-0.2, 0) is 0 Å². The van der Waals surface area contributed by atoms with E-state index in [-0.39, 0.29) is 0 Å². The summed E-state index contributed by atoms with van der Waals surface area (Å²) in [7, 11) is 0. The molecule has 66 valence electrons. The fraction of sp³-hybridized carbons (Fsp3) is 1.00. The molecule has 1 aliphatic rings.